The minimum absolute atomic E-state index is 0.00657. The van der Waals surface area contributed by atoms with E-state index in [4.69, 9.17) is 0 Å². The molecule has 1 aliphatic rings. The number of imidazole rings is 1. The van der Waals surface area contributed by atoms with E-state index < -0.39 is 0 Å². The second-order valence-corrected chi connectivity index (χ2v) is 7.11. The Hall–Kier alpha value is -2.95. The lowest BCUT2D eigenvalue weighted by atomic mass is 9.98. The quantitative estimate of drug-likeness (QED) is 0.756. The number of benzene rings is 1. The van der Waals surface area contributed by atoms with E-state index in [-0.39, 0.29) is 11.8 Å². The molecule has 27 heavy (non-hydrogen) atoms. The van der Waals surface area contributed by atoms with Crippen LogP contribution in [-0.2, 0) is 30.6 Å². The molecule has 0 bridgehead atoms. The van der Waals surface area contributed by atoms with Crippen LogP contribution in [0.3, 0.4) is 0 Å². The van der Waals surface area contributed by atoms with Crippen molar-refractivity contribution in [3.05, 3.63) is 77.6 Å². The molecule has 2 aromatic heterocycles. The first kappa shape index (κ1) is 17.5. The van der Waals surface area contributed by atoms with Crippen LogP contribution in [0.1, 0.15) is 36.0 Å². The Bertz CT molecular complexity index is 915. The van der Waals surface area contributed by atoms with Gasteiger partial charge in [-0.05, 0) is 54.7 Å². The molecular formula is C22H24N4O. The Morgan fingerprint density at radius 3 is 2.63 bits per heavy atom. The maximum absolute atomic E-state index is 12.7. The van der Waals surface area contributed by atoms with Gasteiger partial charge in [0, 0.05) is 37.2 Å². The van der Waals surface area contributed by atoms with Crippen LogP contribution in [0.15, 0.2) is 55.0 Å². The number of carbonyl (C=O) groups excluding carboxylic acids is 1. The second kappa shape index (κ2) is 7.74. The number of amides is 1. The van der Waals surface area contributed by atoms with Gasteiger partial charge < -0.3 is 9.88 Å². The molecule has 5 heteroatoms. The van der Waals surface area contributed by atoms with E-state index in [1.807, 2.05) is 36.7 Å². The zero-order valence-electron chi connectivity index (χ0n) is 15.6. The summed E-state index contributed by atoms with van der Waals surface area (Å²) in [5, 5.41) is 3.07. The number of rotatable bonds is 5. The van der Waals surface area contributed by atoms with Gasteiger partial charge >= 0.3 is 0 Å². The smallest absolute Gasteiger partial charge is 0.229 e. The summed E-state index contributed by atoms with van der Waals surface area (Å²) in [6.45, 7) is 2.82. The van der Waals surface area contributed by atoms with Crippen molar-refractivity contribution in [2.75, 3.05) is 5.32 Å². The first-order chi connectivity index (χ1) is 13.2. The molecule has 1 unspecified atom stereocenters. The summed E-state index contributed by atoms with van der Waals surface area (Å²) in [4.78, 5) is 21.3. The highest BCUT2D eigenvalue weighted by atomic mass is 16.1. The van der Waals surface area contributed by atoms with Gasteiger partial charge in [-0.1, -0.05) is 19.1 Å². The zero-order valence-corrected chi connectivity index (χ0v) is 15.6. The Morgan fingerprint density at radius 2 is 1.89 bits per heavy atom. The van der Waals surface area contributed by atoms with E-state index >= 15 is 0 Å². The van der Waals surface area contributed by atoms with Crippen LogP contribution in [0.2, 0.25) is 0 Å². The zero-order chi connectivity index (χ0) is 18.6. The standard InChI is InChI=1S/C22H24N4O/c1-2-19-15-26-14-18(5-8-21(26)24-19)22(27)25-20-6-3-16(4-7-20)13-17-9-11-23-12-10-17/h3-4,6-7,9-12,15,18H,2,5,8,13-14H2,1H3,(H,25,27). The molecule has 5 nitrogen and oxygen atoms in total. The van der Waals surface area contributed by atoms with E-state index in [0.717, 1.165) is 42.9 Å². The van der Waals surface area contributed by atoms with Gasteiger partial charge in [0.2, 0.25) is 5.91 Å². The van der Waals surface area contributed by atoms with Crippen molar-refractivity contribution < 1.29 is 4.79 Å². The van der Waals surface area contributed by atoms with Crippen molar-refractivity contribution in [3.63, 3.8) is 0 Å². The third-order valence-electron chi connectivity index (χ3n) is 5.15. The summed E-state index contributed by atoms with van der Waals surface area (Å²) in [5.74, 6) is 1.19. The van der Waals surface area contributed by atoms with Gasteiger partial charge in [0.25, 0.3) is 0 Å². The summed E-state index contributed by atoms with van der Waals surface area (Å²) < 4.78 is 2.14. The minimum atomic E-state index is -0.00657. The summed E-state index contributed by atoms with van der Waals surface area (Å²) >= 11 is 0. The largest absolute Gasteiger partial charge is 0.334 e. The molecule has 1 atom stereocenters. The molecule has 0 spiro atoms. The third kappa shape index (κ3) is 4.08. The molecule has 0 aliphatic carbocycles. The molecule has 0 radical (unpaired) electrons. The van der Waals surface area contributed by atoms with E-state index in [1.165, 1.54) is 11.1 Å². The fraction of sp³-hybridized carbons (Fsp3) is 0.318. The van der Waals surface area contributed by atoms with Crippen LogP contribution in [0.5, 0.6) is 0 Å². The summed E-state index contributed by atoms with van der Waals surface area (Å²) in [6.07, 6.45) is 9.22. The van der Waals surface area contributed by atoms with Crippen LogP contribution < -0.4 is 5.32 Å². The van der Waals surface area contributed by atoms with Crippen molar-refractivity contribution >= 4 is 11.6 Å². The van der Waals surface area contributed by atoms with E-state index in [0.29, 0.717) is 6.54 Å². The Labute approximate surface area is 159 Å². The highest BCUT2D eigenvalue weighted by Crippen LogP contribution is 2.22. The monoisotopic (exact) mass is 360 g/mol. The molecule has 3 heterocycles. The van der Waals surface area contributed by atoms with Crippen molar-refractivity contribution in [2.45, 2.75) is 39.2 Å². The molecule has 1 aliphatic heterocycles. The number of anilines is 1. The SMILES string of the molecule is CCc1cn2c(n1)CCC(C(=O)Nc1ccc(Cc3ccncc3)cc1)C2. The summed E-state index contributed by atoms with van der Waals surface area (Å²) in [7, 11) is 0. The number of aromatic nitrogens is 3. The number of hydrogen-bond acceptors (Lipinski definition) is 3. The van der Waals surface area contributed by atoms with Crippen LogP contribution in [0.25, 0.3) is 0 Å². The molecule has 3 aromatic rings. The highest BCUT2D eigenvalue weighted by Gasteiger charge is 2.25. The van der Waals surface area contributed by atoms with Gasteiger partial charge in [-0.3, -0.25) is 9.78 Å². The lowest BCUT2D eigenvalue weighted by Crippen LogP contribution is -2.31. The topological polar surface area (TPSA) is 59.8 Å². The molecule has 4 rings (SSSR count). The van der Waals surface area contributed by atoms with Gasteiger partial charge in [-0.25, -0.2) is 4.98 Å². The molecule has 0 fully saturated rings. The van der Waals surface area contributed by atoms with Gasteiger partial charge in [0.1, 0.15) is 5.82 Å². The lowest BCUT2D eigenvalue weighted by molar-refractivity contribution is -0.120. The van der Waals surface area contributed by atoms with E-state index in [1.54, 1.807) is 0 Å². The maximum atomic E-state index is 12.7. The molecule has 0 saturated carbocycles. The Morgan fingerprint density at radius 1 is 1.15 bits per heavy atom. The maximum Gasteiger partial charge on any atom is 0.229 e. The first-order valence-corrected chi connectivity index (χ1v) is 9.55. The third-order valence-corrected chi connectivity index (χ3v) is 5.15. The van der Waals surface area contributed by atoms with Crippen LogP contribution in [-0.4, -0.2) is 20.4 Å². The highest BCUT2D eigenvalue weighted by molar-refractivity contribution is 5.92. The predicted octanol–water partition coefficient (Wildman–Crippen LogP) is 3.63. The molecule has 138 valence electrons. The fourth-order valence-electron chi connectivity index (χ4n) is 3.57. The molecular weight excluding hydrogens is 336 g/mol. The number of pyridine rings is 1. The summed E-state index contributed by atoms with van der Waals surface area (Å²) in [6, 6.07) is 12.1. The number of carbonyl (C=O) groups is 1. The molecule has 1 N–H and O–H groups in total. The van der Waals surface area contributed by atoms with Gasteiger partial charge in [-0.2, -0.15) is 0 Å². The minimum Gasteiger partial charge on any atom is -0.334 e. The van der Waals surface area contributed by atoms with E-state index in [9.17, 15) is 4.79 Å². The Kier molecular flexibility index (Phi) is 5.01. The number of aryl methyl sites for hydroxylation is 2. The van der Waals surface area contributed by atoms with Crippen molar-refractivity contribution in [2.24, 2.45) is 5.92 Å². The van der Waals surface area contributed by atoms with Crippen LogP contribution in [0, 0.1) is 5.92 Å². The van der Waals surface area contributed by atoms with Gasteiger partial charge in [0.15, 0.2) is 0 Å². The van der Waals surface area contributed by atoms with Gasteiger partial charge in [0.05, 0.1) is 11.6 Å². The summed E-state index contributed by atoms with van der Waals surface area (Å²) in [5.41, 5.74) is 4.40. The molecule has 0 saturated heterocycles. The Balaban J connectivity index is 1.37. The number of hydrogen-bond donors (Lipinski definition) is 1. The normalized spacial score (nSPS) is 16.0. The van der Waals surface area contributed by atoms with Crippen LogP contribution in [0.4, 0.5) is 5.69 Å². The molecule has 1 aromatic carbocycles. The first-order valence-electron chi connectivity index (χ1n) is 9.55. The van der Waals surface area contributed by atoms with Crippen LogP contribution >= 0.6 is 0 Å². The number of nitrogens with zero attached hydrogens (tertiary/aromatic N) is 3. The predicted molar refractivity (Wildman–Crippen MR) is 106 cm³/mol. The van der Waals surface area contributed by atoms with Gasteiger partial charge in [-0.15, -0.1) is 0 Å². The fourth-order valence-corrected chi connectivity index (χ4v) is 3.57. The number of nitrogens with one attached hydrogen (secondary N) is 1. The van der Waals surface area contributed by atoms with Crippen molar-refractivity contribution in [1.29, 1.82) is 0 Å². The average molecular weight is 360 g/mol. The van der Waals surface area contributed by atoms with E-state index in [2.05, 4.69) is 45.1 Å². The average Bonchev–Trinajstić information content (AvgIpc) is 3.13. The number of fused-ring (bicyclic) bond motifs is 1. The lowest BCUT2D eigenvalue weighted by Gasteiger charge is -2.23. The second-order valence-electron chi connectivity index (χ2n) is 7.11. The van der Waals surface area contributed by atoms with Crippen molar-refractivity contribution in [3.8, 4) is 0 Å². The molecule has 1 amide bonds. The van der Waals surface area contributed by atoms with Crippen molar-refractivity contribution in [1.82, 2.24) is 14.5 Å².